The van der Waals surface area contributed by atoms with Crippen LogP contribution in [0.15, 0.2) is 97.1 Å². The van der Waals surface area contributed by atoms with Gasteiger partial charge in [-0.1, -0.05) is 78.9 Å². The standard InChI is InChI=1S/C29H27N3O3/c33-23(20-35-27-16-8-12-22-11-4-5-13-24(22)27)19-32-26-15-7-6-14-25(26)31-28(32)17-29(34)30-18-21-9-2-1-3-10-21/h1-16,23,33H,17-20H2,(H,30,34)/t23-/m0/s1. The average molecular weight is 466 g/mol. The van der Waals surface area contributed by atoms with Gasteiger partial charge in [0.25, 0.3) is 0 Å². The van der Waals surface area contributed by atoms with Gasteiger partial charge in [0.2, 0.25) is 5.91 Å². The molecule has 4 aromatic carbocycles. The van der Waals surface area contributed by atoms with Gasteiger partial charge < -0.3 is 19.7 Å². The number of aromatic nitrogens is 2. The lowest BCUT2D eigenvalue weighted by Crippen LogP contribution is -2.28. The third kappa shape index (κ3) is 5.34. The number of aliphatic hydroxyl groups excluding tert-OH is 1. The van der Waals surface area contributed by atoms with Crippen LogP contribution in [-0.2, 0) is 24.3 Å². The number of hydrogen-bond acceptors (Lipinski definition) is 4. The second kappa shape index (κ2) is 10.4. The van der Waals surface area contributed by atoms with Crippen molar-refractivity contribution in [3.8, 4) is 5.75 Å². The van der Waals surface area contributed by atoms with E-state index in [9.17, 15) is 9.90 Å². The summed E-state index contributed by atoms with van der Waals surface area (Å²) in [5, 5.41) is 15.9. The summed E-state index contributed by atoms with van der Waals surface area (Å²) >= 11 is 0. The third-order valence-corrected chi connectivity index (χ3v) is 5.96. The number of aliphatic hydroxyl groups is 1. The highest BCUT2D eigenvalue weighted by Crippen LogP contribution is 2.25. The molecule has 35 heavy (non-hydrogen) atoms. The van der Waals surface area contributed by atoms with Crippen LogP contribution in [0.1, 0.15) is 11.4 Å². The van der Waals surface area contributed by atoms with E-state index in [1.165, 1.54) is 0 Å². The molecule has 1 aromatic heterocycles. The van der Waals surface area contributed by atoms with Gasteiger partial charge in [0.1, 0.15) is 24.3 Å². The number of hydrogen-bond donors (Lipinski definition) is 2. The largest absolute Gasteiger partial charge is 0.490 e. The Morgan fingerprint density at radius 1 is 0.914 bits per heavy atom. The maximum atomic E-state index is 12.7. The lowest BCUT2D eigenvalue weighted by Gasteiger charge is -2.16. The number of carbonyl (C=O) groups is 1. The van der Waals surface area contributed by atoms with Gasteiger partial charge in [-0.2, -0.15) is 0 Å². The molecular formula is C29H27N3O3. The highest BCUT2D eigenvalue weighted by molar-refractivity contribution is 5.88. The molecule has 0 saturated carbocycles. The number of para-hydroxylation sites is 2. The van der Waals surface area contributed by atoms with Crippen molar-refractivity contribution in [3.05, 3.63) is 108 Å². The van der Waals surface area contributed by atoms with E-state index in [2.05, 4.69) is 10.3 Å². The van der Waals surface area contributed by atoms with E-state index < -0.39 is 6.10 Å². The monoisotopic (exact) mass is 465 g/mol. The highest BCUT2D eigenvalue weighted by atomic mass is 16.5. The fourth-order valence-corrected chi connectivity index (χ4v) is 4.24. The summed E-state index contributed by atoms with van der Waals surface area (Å²) in [4.78, 5) is 17.4. The van der Waals surface area contributed by atoms with Crippen LogP contribution in [0.4, 0.5) is 0 Å². The summed E-state index contributed by atoms with van der Waals surface area (Å²) in [6, 6.07) is 31.4. The van der Waals surface area contributed by atoms with Crippen LogP contribution < -0.4 is 10.1 Å². The molecule has 0 fully saturated rings. The SMILES string of the molecule is O=C(Cc1nc2ccccc2n1C[C@H](O)COc1cccc2ccccc12)NCc1ccccc1. The Hall–Kier alpha value is -4.16. The van der Waals surface area contributed by atoms with Crippen molar-refractivity contribution in [2.45, 2.75) is 25.6 Å². The van der Waals surface area contributed by atoms with Gasteiger partial charge in [0.15, 0.2) is 0 Å². The first kappa shape index (κ1) is 22.6. The van der Waals surface area contributed by atoms with E-state index in [1.807, 2.05) is 102 Å². The van der Waals surface area contributed by atoms with Crippen LogP contribution >= 0.6 is 0 Å². The fourth-order valence-electron chi connectivity index (χ4n) is 4.24. The number of benzene rings is 4. The molecule has 0 spiro atoms. The number of imidazole rings is 1. The molecule has 1 atom stereocenters. The lowest BCUT2D eigenvalue weighted by atomic mass is 10.1. The third-order valence-electron chi connectivity index (χ3n) is 5.96. The van der Waals surface area contributed by atoms with Crippen LogP contribution in [0.5, 0.6) is 5.75 Å². The van der Waals surface area contributed by atoms with Crippen molar-refractivity contribution in [1.82, 2.24) is 14.9 Å². The van der Waals surface area contributed by atoms with E-state index >= 15 is 0 Å². The zero-order chi connectivity index (χ0) is 24.0. The Balaban J connectivity index is 1.29. The number of carbonyl (C=O) groups excluding carboxylic acids is 1. The van der Waals surface area contributed by atoms with Crippen molar-refractivity contribution in [1.29, 1.82) is 0 Å². The van der Waals surface area contributed by atoms with Crippen LogP contribution in [-0.4, -0.2) is 33.3 Å². The zero-order valence-electron chi connectivity index (χ0n) is 19.3. The molecular weight excluding hydrogens is 438 g/mol. The van der Waals surface area contributed by atoms with E-state index in [4.69, 9.17) is 4.74 Å². The van der Waals surface area contributed by atoms with Gasteiger partial charge in [-0.25, -0.2) is 4.98 Å². The molecule has 1 heterocycles. The van der Waals surface area contributed by atoms with E-state index in [-0.39, 0.29) is 25.5 Å². The maximum absolute atomic E-state index is 12.7. The first-order chi connectivity index (χ1) is 17.2. The minimum atomic E-state index is -0.780. The summed E-state index contributed by atoms with van der Waals surface area (Å²) in [5.74, 6) is 1.23. The molecule has 6 nitrogen and oxygen atoms in total. The first-order valence-electron chi connectivity index (χ1n) is 11.7. The maximum Gasteiger partial charge on any atom is 0.227 e. The number of ether oxygens (including phenoxy) is 1. The van der Waals surface area contributed by atoms with Crippen molar-refractivity contribution < 1.29 is 14.6 Å². The van der Waals surface area contributed by atoms with Crippen molar-refractivity contribution in [3.63, 3.8) is 0 Å². The Morgan fingerprint density at radius 2 is 1.66 bits per heavy atom. The molecule has 0 unspecified atom stereocenters. The van der Waals surface area contributed by atoms with E-state index in [1.54, 1.807) is 0 Å². The van der Waals surface area contributed by atoms with E-state index in [0.717, 1.165) is 33.1 Å². The molecule has 0 aliphatic heterocycles. The van der Waals surface area contributed by atoms with Crippen LogP contribution in [0.3, 0.4) is 0 Å². The van der Waals surface area contributed by atoms with Gasteiger partial charge >= 0.3 is 0 Å². The summed E-state index contributed by atoms with van der Waals surface area (Å²) < 4.78 is 7.90. The van der Waals surface area contributed by atoms with Crippen LogP contribution in [0.2, 0.25) is 0 Å². The van der Waals surface area contributed by atoms with Gasteiger partial charge in [0.05, 0.1) is 24.0 Å². The van der Waals surface area contributed by atoms with Crippen molar-refractivity contribution in [2.24, 2.45) is 0 Å². The highest BCUT2D eigenvalue weighted by Gasteiger charge is 2.17. The van der Waals surface area contributed by atoms with Crippen molar-refractivity contribution in [2.75, 3.05) is 6.61 Å². The van der Waals surface area contributed by atoms with Gasteiger partial charge in [-0.3, -0.25) is 4.79 Å². The predicted octanol–water partition coefficient (Wildman–Crippen LogP) is 4.49. The molecule has 5 rings (SSSR count). The fraction of sp³-hybridized carbons (Fsp3) is 0.172. The summed E-state index contributed by atoms with van der Waals surface area (Å²) in [5.41, 5.74) is 2.71. The molecule has 5 aromatic rings. The quantitative estimate of drug-likeness (QED) is 0.336. The summed E-state index contributed by atoms with van der Waals surface area (Å²) in [7, 11) is 0. The van der Waals surface area contributed by atoms with Gasteiger partial charge in [-0.15, -0.1) is 0 Å². The minimum absolute atomic E-state index is 0.119. The molecule has 0 saturated heterocycles. The second-order valence-electron chi connectivity index (χ2n) is 8.51. The number of fused-ring (bicyclic) bond motifs is 2. The first-order valence-corrected chi connectivity index (χ1v) is 11.7. The molecule has 6 heteroatoms. The molecule has 1 amide bonds. The summed E-state index contributed by atoms with van der Waals surface area (Å²) in [6.07, 6.45) is -0.656. The smallest absolute Gasteiger partial charge is 0.227 e. The van der Waals surface area contributed by atoms with Gasteiger partial charge in [0, 0.05) is 11.9 Å². The molecule has 0 aliphatic carbocycles. The zero-order valence-corrected chi connectivity index (χ0v) is 19.3. The Bertz CT molecular complexity index is 1440. The minimum Gasteiger partial charge on any atom is -0.490 e. The Kier molecular flexibility index (Phi) is 6.73. The predicted molar refractivity (Wildman–Crippen MR) is 137 cm³/mol. The topological polar surface area (TPSA) is 76.4 Å². The van der Waals surface area contributed by atoms with Crippen molar-refractivity contribution >= 4 is 27.7 Å². The Morgan fingerprint density at radius 3 is 2.54 bits per heavy atom. The van der Waals surface area contributed by atoms with Crippen LogP contribution in [0.25, 0.3) is 21.8 Å². The molecule has 176 valence electrons. The van der Waals surface area contributed by atoms with Gasteiger partial charge in [-0.05, 0) is 29.1 Å². The number of amides is 1. The summed E-state index contributed by atoms with van der Waals surface area (Å²) in [6.45, 7) is 0.855. The Labute approximate surface area is 203 Å². The number of nitrogens with one attached hydrogen (secondary N) is 1. The molecule has 0 aliphatic rings. The normalized spacial score (nSPS) is 12.0. The average Bonchev–Trinajstić information content (AvgIpc) is 3.23. The number of rotatable bonds is 9. The second-order valence-corrected chi connectivity index (χ2v) is 8.51. The molecule has 2 N–H and O–H groups in total. The van der Waals surface area contributed by atoms with E-state index in [0.29, 0.717) is 12.4 Å². The molecule has 0 radical (unpaired) electrons. The lowest BCUT2D eigenvalue weighted by molar-refractivity contribution is -0.120. The molecule has 0 bridgehead atoms. The number of nitrogens with zero attached hydrogens (tertiary/aromatic N) is 2. The van der Waals surface area contributed by atoms with Crippen LogP contribution in [0, 0.1) is 0 Å².